The molecule has 1 N–H and O–H groups in total. The van der Waals surface area contributed by atoms with Crippen LogP contribution in [0.4, 0.5) is 5.69 Å². The van der Waals surface area contributed by atoms with Crippen molar-refractivity contribution in [3.8, 4) is 0 Å². The maximum absolute atomic E-state index is 12.1. The average molecular weight is 275 g/mol. The zero-order valence-electron chi connectivity index (χ0n) is 11.8. The molecule has 1 aliphatic rings. The molecule has 0 atom stereocenters. The minimum absolute atomic E-state index is 0.0104. The molecule has 0 aromatic heterocycles. The molecule has 0 spiro atoms. The highest BCUT2D eigenvalue weighted by Crippen LogP contribution is 2.35. The number of carboxylic acid groups (broad SMARTS) is 1. The second-order valence-corrected chi connectivity index (χ2v) is 5.39. The highest BCUT2D eigenvalue weighted by atomic mass is 16.4. The lowest BCUT2D eigenvalue weighted by atomic mass is 10.0. The molecule has 1 aromatic rings. The maximum Gasteiger partial charge on any atom is 0.329 e. The van der Waals surface area contributed by atoms with E-state index in [1.165, 1.54) is 18.7 Å². The standard InChI is InChI=1S/C15H17NO4/c1-4-12(17)9-5-6-11-10(7-9)8-13(18)16(11)15(2,3)14(19)20/h5-7H,4,8H2,1-3H3,(H,19,20). The highest BCUT2D eigenvalue weighted by molar-refractivity contribution is 6.08. The van der Waals surface area contributed by atoms with Gasteiger partial charge in [-0.3, -0.25) is 14.5 Å². The van der Waals surface area contributed by atoms with Gasteiger partial charge >= 0.3 is 5.97 Å². The number of anilines is 1. The minimum atomic E-state index is -1.31. The summed E-state index contributed by atoms with van der Waals surface area (Å²) in [4.78, 5) is 36.4. The van der Waals surface area contributed by atoms with Crippen molar-refractivity contribution >= 4 is 23.3 Å². The third-order valence-electron chi connectivity index (χ3n) is 3.64. The number of benzene rings is 1. The average Bonchev–Trinajstić information content (AvgIpc) is 2.72. The van der Waals surface area contributed by atoms with Crippen LogP contribution >= 0.6 is 0 Å². The van der Waals surface area contributed by atoms with Gasteiger partial charge in [0.05, 0.1) is 6.42 Å². The van der Waals surface area contributed by atoms with Gasteiger partial charge in [-0.25, -0.2) is 4.79 Å². The first-order valence-electron chi connectivity index (χ1n) is 6.51. The molecule has 0 aliphatic carbocycles. The molecule has 106 valence electrons. The highest BCUT2D eigenvalue weighted by Gasteiger charge is 2.43. The summed E-state index contributed by atoms with van der Waals surface area (Å²) < 4.78 is 0. The second kappa shape index (κ2) is 4.74. The first-order chi connectivity index (χ1) is 9.28. The number of rotatable bonds is 4. The molecular formula is C15H17NO4. The molecule has 1 heterocycles. The number of carboxylic acids is 1. The van der Waals surface area contributed by atoms with Crippen molar-refractivity contribution in [2.75, 3.05) is 4.90 Å². The van der Waals surface area contributed by atoms with Crippen LogP contribution in [-0.2, 0) is 16.0 Å². The summed E-state index contributed by atoms with van der Waals surface area (Å²) in [5.74, 6) is -1.31. The molecule has 0 saturated carbocycles. The molecule has 1 aliphatic heterocycles. The van der Waals surface area contributed by atoms with Crippen LogP contribution in [-0.4, -0.2) is 28.3 Å². The number of aliphatic carboxylic acids is 1. The van der Waals surface area contributed by atoms with E-state index in [9.17, 15) is 19.5 Å². The SMILES string of the molecule is CCC(=O)c1ccc2c(c1)CC(=O)N2C(C)(C)C(=O)O. The lowest BCUT2D eigenvalue weighted by molar-refractivity contribution is -0.143. The van der Waals surface area contributed by atoms with E-state index < -0.39 is 11.5 Å². The number of fused-ring (bicyclic) bond motifs is 1. The Bertz CT molecular complexity index is 604. The summed E-state index contributed by atoms with van der Waals surface area (Å²) in [5.41, 5.74) is 0.547. The minimum Gasteiger partial charge on any atom is -0.480 e. The number of nitrogens with zero attached hydrogens (tertiary/aromatic N) is 1. The summed E-state index contributed by atoms with van der Waals surface area (Å²) in [5, 5.41) is 9.28. The second-order valence-electron chi connectivity index (χ2n) is 5.39. The zero-order chi connectivity index (χ0) is 15.1. The Morgan fingerprint density at radius 3 is 2.55 bits per heavy atom. The van der Waals surface area contributed by atoms with E-state index in [0.29, 0.717) is 23.2 Å². The van der Waals surface area contributed by atoms with Gasteiger partial charge in [0.15, 0.2) is 5.78 Å². The molecular weight excluding hydrogens is 258 g/mol. The summed E-state index contributed by atoms with van der Waals surface area (Å²) in [6.45, 7) is 4.77. The van der Waals surface area contributed by atoms with Crippen LogP contribution < -0.4 is 4.90 Å². The number of Topliss-reactive ketones (excluding diaryl/α,β-unsaturated/α-hetero) is 1. The molecule has 5 nitrogen and oxygen atoms in total. The Labute approximate surface area is 117 Å². The molecule has 0 fully saturated rings. The monoisotopic (exact) mass is 275 g/mol. The molecule has 0 radical (unpaired) electrons. The Balaban J connectivity index is 2.48. The molecule has 0 bridgehead atoms. The van der Waals surface area contributed by atoms with Crippen LogP contribution in [0, 0.1) is 0 Å². The number of carbonyl (C=O) groups is 3. The Morgan fingerprint density at radius 2 is 2.00 bits per heavy atom. The third-order valence-corrected chi connectivity index (χ3v) is 3.64. The van der Waals surface area contributed by atoms with E-state index in [1.807, 2.05) is 0 Å². The van der Waals surface area contributed by atoms with E-state index in [4.69, 9.17) is 0 Å². The largest absolute Gasteiger partial charge is 0.480 e. The Kier molecular flexibility index (Phi) is 3.38. The van der Waals surface area contributed by atoms with Gasteiger partial charge in [0, 0.05) is 17.7 Å². The van der Waals surface area contributed by atoms with E-state index in [0.717, 1.165) is 0 Å². The normalized spacial score (nSPS) is 14.3. The van der Waals surface area contributed by atoms with E-state index in [2.05, 4.69) is 0 Å². The van der Waals surface area contributed by atoms with Crippen molar-refractivity contribution in [2.45, 2.75) is 39.2 Å². The molecule has 20 heavy (non-hydrogen) atoms. The maximum atomic E-state index is 12.1. The molecule has 2 rings (SSSR count). The zero-order valence-corrected chi connectivity index (χ0v) is 11.8. The van der Waals surface area contributed by atoms with Crippen LogP contribution in [0.5, 0.6) is 0 Å². The van der Waals surface area contributed by atoms with Gasteiger partial charge in [0.1, 0.15) is 5.54 Å². The number of ketones is 1. The van der Waals surface area contributed by atoms with Crippen molar-refractivity contribution in [1.82, 2.24) is 0 Å². The van der Waals surface area contributed by atoms with Gasteiger partial charge in [-0.15, -0.1) is 0 Å². The number of hydrogen-bond acceptors (Lipinski definition) is 3. The van der Waals surface area contributed by atoms with Crippen molar-refractivity contribution in [3.63, 3.8) is 0 Å². The van der Waals surface area contributed by atoms with Crippen molar-refractivity contribution in [3.05, 3.63) is 29.3 Å². The van der Waals surface area contributed by atoms with Crippen LogP contribution in [0.25, 0.3) is 0 Å². The van der Waals surface area contributed by atoms with Crippen LogP contribution in [0.2, 0.25) is 0 Å². The van der Waals surface area contributed by atoms with Crippen LogP contribution in [0.1, 0.15) is 43.1 Å². The van der Waals surface area contributed by atoms with Crippen LogP contribution in [0.15, 0.2) is 18.2 Å². The molecule has 1 amide bonds. The smallest absolute Gasteiger partial charge is 0.329 e. The van der Waals surface area contributed by atoms with Crippen molar-refractivity contribution < 1.29 is 19.5 Å². The lowest BCUT2D eigenvalue weighted by Crippen LogP contribution is -2.51. The predicted octanol–water partition coefficient (Wildman–Crippen LogP) is 2.03. The lowest BCUT2D eigenvalue weighted by Gasteiger charge is -2.32. The van der Waals surface area contributed by atoms with E-state index >= 15 is 0 Å². The molecule has 0 unspecified atom stereocenters. The Morgan fingerprint density at radius 1 is 1.35 bits per heavy atom. The molecule has 5 heteroatoms. The van der Waals surface area contributed by atoms with Crippen LogP contribution in [0.3, 0.4) is 0 Å². The first kappa shape index (κ1) is 14.2. The first-order valence-corrected chi connectivity index (χ1v) is 6.51. The summed E-state index contributed by atoms with van der Waals surface area (Å²) in [7, 11) is 0. The van der Waals surface area contributed by atoms with Gasteiger partial charge in [0.2, 0.25) is 5.91 Å². The third kappa shape index (κ3) is 2.09. The summed E-state index contributed by atoms with van der Waals surface area (Å²) in [6.07, 6.45) is 0.536. The van der Waals surface area contributed by atoms with E-state index in [1.54, 1.807) is 25.1 Å². The van der Waals surface area contributed by atoms with Gasteiger partial charge in [-0.2, -0.15) is 0 Å². The van der Waals surface area contributed by atoms with E-state index in [-0.39, 0.29) is 18.1 Å². The van der Waals surface area contributed by atoms with Crippen molar-refractivity contribution in [2.24, 2.45) is 0 Å². The van der Waals surface area contributed by atoms with Gasteiger partial charge in [0.25, 0.3) is 0 Å². The topological polar surface area (TPSA) is 74.7 Å². The fraction of sp³-hybridized carbons (Fsp3) is 0.400. The number of hydrogen-bond donors (Lipinski definition) is 1. The quantitative estimate of drug-likeness (QED) is 0.853. The molecule has 1 aromatic carbocycles. The van der Waals surface area contributed by atoms with Gasteiger partial charge < -0.3 is 5.11 Å². The summed E-state index contributed by atoms with van der Waals surface area (Å²) >= 11 is 0. The fourth-order valence-electron chi connectivity index (χ4n) is 2.41. The van der Waals surface area contributed by atoms with Gasteiger partial charge in [-0.05, 0) is 37.6 Å². The number of amides is 1. The predicted molar refractivity (Wildman–Crippen MR) is 74.0 cm³/mol. The van der Waals surface area contributed by atoms with Crippen molar-refractivity contribution in [1.29, 1.82) is 0 Å². The molecule has 0 saturated heterocycles. The number of carbonyl (C=O) groups excluding carboxylic acids is 2. The fourth-order valence-corrected chi connectivity index (χ4v) is 2.41. The summed E-state index contributed by atoms with van der Waals surface area (Å²) in [6, 6.07) is 5.00. The van der Waals surface area contributed by atoms with Gasteiger partial charge in [-0.1, -0.05) is 6.92 Å². The Hall–Kier alpha value is -2.17.